The van der Waals surface area contributed by atoms with Gasteiger partial charge in [0.2, 0.25) is 5.91 Å². The third-order valence-electron chi connectivity index (χ3n) is 8.85. The Bertz CT molecular complexity index is 1340. The third kappa shape index (κ3) is 6.34. The van der Waals surface area contributed by atoms with Crippen molar-refractivity contribution in [2.24, 2.45) is 23.2 Å². The fourth-order valence-corrected chi connectivity index (χ4v) is 9.25. The molecule has 2 fully saturated rings. The molecule has 0 aliphatic heterocycles. The number of thiazole rings is 1. The van der Waals surface area contributed by atoms with Gasteiger partial charge in [0, 0.05) is 17.5 Å². The Hall–Kier alpha value is -1.62. The lowest BCUT2D eigenvalue weighted by Gasteiger charge is -2.52. The minimum absolute atomic E-state index is 0.0435. The van der Waals surface area contributed by atoms with Crippen molar-refractivity contribution < 1.29 is 42.5 Å². The van der Waals surface area contributed by atoms with Gasteiger partial charge in [-0.15, -0.1) is 11.3 Å². The first-order valence-corrected chi connectivity index (χ1v) is 16.9. The molecule has 1 amide bonds. The second kappa shape index (κ2) is 10.7. The van der Waals surface area contributed by atoms with Crippen LogP contribution < -0.4 is 9.84 Å². The number of hydrogen-bond donors (Lipinski definition) is 5. The highest BCUT2D eigenvalue weighted by Gasteiger charge is 2.60. The Labute approximate surface area is 230 Å². The number of rotatable bonds is 8. The van der Waals surface area contributed by atoms with Crippen LogP contribution in [0.25, 0.3) is 0 Å². The van der Waals surface area contributed by atoms with Gasteiger partial charge in [-0.2, -0.15) is 0 Å². The topological polar surface area (TPSA) is 176 Å². The van der Waals surface area contributed by atoms with E-state index in [0.717, 1.165) is 28.8 Å². The van der Waals surface area contributed by atoms with Gasteiger partial charge in [-0.3, -0.25) is 19.1 Å². The van der Waals surface area contributed by atoms with E-state index in [2.05, 4.69) is 17.2 Å². The van der Waals surface area contributed by atoms with Gasteiger partial charge < -0.3 is 19.6 Å². The Balaban J connectivity index is 1.38. The number of carbonyl (C=O) groups is 1. The van der Waals surface area contributed by atoms with Gasteiger partial charge >= 0.3 is 15.6 Å². The maximum absolute atomic E-state index is 12.7. The van der Waals surface area contributed by atoms with E-state index < -0.39 is 27.2 Å². The summed E-state index contributed by atoms with van der Waals surface area (Å²) in [6, 6.07) is 5.18. The summed E-state index contributed by atoms with van der Waals surface area (Å²) in [6.45, 7) is 3.99. The van der Waals surface area contributed by atoms with E-state index in [1.54, 1.807) is 18.3 Å². The number of anilines is 1. The monoisotopic (exact) mass is 600 g/mol. The molecular formula is C25H34N2O9P2S. The number of aromatic nitrogens is 1. The second-order valence-corrected chi connectivity index (χ2v) is 14.9. The van der Waals surface area contributed by atoms with Crippen molar-refractivity contribution in [1.29, 1.82) is 0 Å². The van der Waals surface area contributed by atoms with Crippen molar-refractivity contribution in [2.75, 3.05) is 5.32 Å². The summed E-state index contributed by atoms with van der Waals surface area (Å²) in [7, 11) is -9.36. The molecule has 14 heteroatoms. The zero-order valence-electron chi connectivity index (χ0n) is 21.7. The largest absolute Gasteiger partial charge is 0.524 e. The highest BCUT2D eigenvalue weighted by molar-refractivity contribution is 7.46. The summed E-state index contributed by atoms with van der Waals surface area (Å²) in [5.74, 6) is 0.564. The molecule has 4 unspecified atom stereocenters. The molecule has 5 N–H and O–H groups in total. The number of fused-ring (bicyclic) bond motifs is 5. The lowest BCUT2D eigenvalue weighted by atomic mass is 9.53. The van der Waals surface area contributed by atoms with Crippen LogP contribution in [0.1, 0.15) is 67.4 Å². The Morgan fingerprint density at radius 3 is 2.64 bits per heavy atom. The summed E-state index contributed by atoms with van der Waals surface area (Å²) >= 11 is 1.41. The smallest absolute Gasteiger partial charge is 0.404 e. The van der Waals surface area contributed by atoms with E-state index in [-0.39, 0.29) is 41.7 Å². The number of phosphoric acid groups is 2. The van der Waals surface area contributed by atoms with Crippen LogP contribution in [0.3, 0.4) is 0 Å². The van der Waals surface area contributed by atoms with Gasteiger partial charge in [0.25, 0.3) is 0 Å². The van der Waals surface area contributed by atoms with Crippen molar-refractivity contribution in [3.8, 4) is 5.75 Å². The first-order valence-electron chi connectivity index (χ1n) is 13.1. The predicted molar refractivity (Wildman–Crippen MR) is 144 cm³/mol. The number of phosphoric ester groups is 2. The zero-order chi connectivity index (χ0) is 28.2. The Morgan fingerprint density at radius 2 is 1.97 bits per heavy atom. The fourth-order valence-electron chi connectivity index (χ4n) is 7.52. The maximum Gasteiger partial charge on any atom is 0.524 e. The van der Waals surface area contributed by atoms with E-state index in [4.69, 9.17) is 9.05 Å². The molecule has 1 heterocycles. The molecule has 3 aliphatic carbocycles. The SMILES string of the molecule is Cc1cnc(NC(=O)CC[C@@H]2CC(OP(=O)(O)O)[C@@]3(C)CCC4c5ccc(OP(=O)(O)O)cc5CCC4C23)s1. The fraction of sp³-hybridized carbons (Fsp3) is 0.600. The molecule has 3 aliphatic rings. The van der Waals surface area contributed by atoms with Gasteiger partial charge in [0.1, 0.15) is 5.75 Å². The third-order valence-corrected chi connectivity index (χ3v) is 10.7. The van der Waals surface area contributed by atoms with E-state index in [0.29, 0.717) is 30.8 Å². The normalized spacial score (nSPS) is 30.3. The van der Waals surface area contributed by atoms with Gasteiger partial charge in [-0.05, 0) is 97.8 Å². The van der Waals surface area contributed by atoms with E-state index in [1.807, 2.05) is 13.0 Å². The van der Waals surface area contributed by atoms with Crippen molar-refractivity contribution in [1.82, 2.24) is 4.98 Å². The molecule has 214 valence electrons. The minimum atomic E-state index is -4.71. The minimum Gasteiger partial charge on any atom is -0.404 e. The van der Waals surface area contributed by atoms with E-state index in [1.165, 1.54) is 11.3 Å². The predicted octanol–water partition coefficient (Wildman–Crippen LogP) is 4.90. The number of amides is 1. The molecule has 1 aromatic heterocycles. The van der Waals surface area contributed by atoms with Crippen LogP contribution in [0, 0.1) is 30.1 Å². The number of hydrogen-bond acceptors (Lipinski definition) is 7. The molecule has 6 atom stereocenters. The first-order chi connectivity index (χ1) is 18.2. The molecule has 0 saturated heterocycles. The first kappa shape index (κ1) is 28.9. The molecule has 0 spiro atoms. The van der Waals surface area contributed by atoms with Crippen LogP contribution >= 0.6 is 27.0 Å². The standard InChI is InChI=1S/C25H34N2O9P2S/c1-14-13-26-24(39-14)27-22(28)8-4-16-12-21(36-38(32,33)34)25(2)10-9-19-18-7-5-17(35-37(29,30)31)11-15(18)3-6-20(19)23(16)25/h5,7,11,13,16,19-21,23H,3-4,6,8-10,12H2,1-2H3,(H,26,27,28)(H2,29,30,31)(H2,32,33,34)/t16-,19?,20?,21?,23?,25-/m1/s1. The lowest BCUT2D eigenvalue weighted by molar-refractivity contribution is -0.116. The second-order valence-electron chi connectivity index (χ2n) is 11.3. The summed E-state index contributed by atoms with van der Waals surface area (Å²) in [5, 5.41) is 3.41. The van der Waals surface area contributed by atoms with Gasteiger partial charge in [0.15, 0.2) is 5.13 Å². The van der Waals surface area contributed by atoms with Crippen molar-refractivity contribution >= 4 is 38.0 Å². The molecule has 2 saturated carbocycles. The van der Waals surface area contributed by atoms with Crippen molar-refractivity contribution in [3.63, 3.8) is 0 Å². The molecule has 5 rings (SSSR count). The molecule has 1 aromatic carbocycles. The molecule has 11 nitrogen and oxygen atoms in total. The number of aryl methyl sites for hydroxylation is 2. The van der Waals surface area contributed by atoms with Crippen molar-refractivity contribution in [2.45, 2.75) is 70.8 Å². The van der Waals surface area contributed by atoms with Gasteiger partial charge in [-0.1, -0.05) is 13.0 Å². The number of nitrogens with zero attached hydrogens (tertiary/aromatic N) is 1. The van der Waals surface area contributed by atoms with Gasteiger partial charge in [-0.25, -0.2) is 14.1 Å². The molecule has 0 bridgehead atoms. The van der Waals surface area contributed by atoms with Crippen LogP contribution in [0.5, 0.6) is 5.75 Å². The summed E-state index contributed by atoms with van der Waals surface area (Å²) in [6.07, 6.45) is 5.45. The molecule has 39 heavy (non-hydrogen) atoms. The quantitative estimate of drug-likeness (QED) is 0.262. The zero-order valence-corrected chi connectivity index (χ0v) is 24.3. The summed E-state index contributed by atoms with van der Waals surface area (Å²) in [5.41, 5.74) is 1.68. The number of carbonyl (C=O) groups excluding carboxylic acids is 1. The summed E-state index contributed by atoms with van der Waals surface area (Å²) < 4.78 is 33.4. The molecule has 0 radical (unpaired) electrons. The highest BCUT2D eigenvalue weighted by atomic mass is 32.1. The van der Waals surface area contributed by atoms with Gasteiger partial charge in [0.05, 0.1) is 6.10 Å². The average molecular weight is 601 g/mol. The van der Waals surface area contributed by atoms with E-state index in [9.17, 15) is 33.5 Å². The molecular weight excluding hydrogens is 566 g/mol. The van der Waals surface area contributed by atoms with Crippen LogP contribution in [0.2, 0.25) is 0 Å². The Morgan fingerprint density at radius 1 is 1.21 bits per heavy atom. The molecule has 2 aromatic rings. The van der Waals surface area contributed by atoms with Crippen LogP contribution in [0.4, 0.5) is 5.13 Å². The van der Waals surface area contributed by atoms with Crippen LogP contribution in [-0.2, 0) is 24.9 Å². The summed E-state index contributed by atoms with van der Waals surface area (Å²) in [4.78, 5) is 55.7. The van der Waals surface area contributed by atoms with Crippen LogP contribution in [0.15, 0.2) is 24.4 Å². The average Bonchev–Trinajstić information content (AvgIpc) is 3.35. The number of nitrogens with one attached hydrogen (secondary N) is 1. The van der Waals surface area contributed by atoms with E-state index >= 15 is 0 Å². The highest BCUT2D eigenvalue weighted by Crippen LogP contribution is 2.66. The van der Waals surface area contributed by atoms with Crippen LogP contribution in [-0.4, -0.2) is 36.6 Å². The lowest BCUT2D eigenvalue weighted by Crippen LogP contribution is -2.45. The maximum atomic E-state index is 12.7. The van der Waals surface area contributed by atoms with Crippen molar-refractivity contribution in [3.05, 3.63) is 40.4 Å². The number of benzene rings is 1. The Kier molecular flexibility index (Phi) is 7.89.